The number of pyridine rings is 1. The Morgan fingerprint density at radius 1 is 1.50 bits per heavy atom. The summed E-state index contributed by atoms with van der Waals surface area (Å²) in [4.78, 5) is 23.6. The van der Waals surface area contributed by atoms with E-state index in [1.165, 1.54) is 6.20 Å². The lowest BCUT2D eigenvalue weighted by Crippen LogP contribution is -2.30. The molecule has 2 rings (SSSR count). The smallest absolute Gasteiger partial charge is 0.255 e. The number of imidazole rings is 1. The zero-order chi connectivity index (χ0) is 14.5. The van der Waals surface area contributed by atoms with Crippen LogP contribution in [0.1, 0.15) is 41.3 Å². The number of amides is 1. The third kappa shape index (κ3) is 2.94. The summed E-state index contributed by atoms with van der Waals surface area (Å²) in [5.41, 5.74) is 4.26. The van der Waals surface area contributed by atoms with E-state index >= 15 is 0 Å². The predicted octanol–water partition coefficient (Wildman–Crippen LogP) is 1.28. The first-order chi connectivity index (χ1) is 9.65. The topological polar surface area (TPSA) is 109 Å². The SMILES string of the molecule is CCC(NC(=O)c1cnc(C)cc1NN)c1ncc[nH]1. The molecule has 0 radical (unpaired) electrons. The number of hydrogen-bond donors (Lipinski definition) is 4. The molecule has 0 saturated carbocycles. The lowest BCUT2D eigenvalue weighted by Gasteiger charge is -2.16. The van der Waals surface area contributed by atoms with Crippen molar-refractivity contribution >= 4 is 11.6 Å². The average Bonchev–Trinajstić information content (AvgIpc) is 2.98. The maximum absolute atomic E-state index is 12.3. The van der Waals surface area contributed by atoms with Gasteiger partial charge in [-0.15, -0.1) is 0 Å². The minimum Gasteiger partial charge on any atom is -0.347 e. The normalized spacial score (nSPS) is 11.9. The molecule has 0 aromatic carbocycles. The van der Waals surface area contributed by atoms with Gasteiger partial charge < -0.3 is 15.7 Å². The summed E-state index contributed by atoms with van der Waals surface area (Å²) in [6.07, 6.45) is 5.62. The Morgan fingerprint density at radius 3 is 2.90 bits per heavy atom. The second kappa shape index (κ2) is 6.16. The molecular formula is C13H18N6O. The number of nitrogens with two attached hydrogens (primary N) is 1. The molecule has 0 bridgehead atoms. The lowest BCUT2D eigenvalue weighted by atomic mass is 10.1. The van der Waals surface area contributed by atoms with Gasteiger partial charge in [-0.1, -0.05) is 6.92 Å². The molecule has 20 heavy (non-hydrogen) atoms. The molecule has 0 spiro atoms. The van der Waals surface area contributed by atoms with Gasteiger partial charge in [0.25, 0.3) is 5.91 Å². The zero-order valence-electron chi connectivity index (χ0n) is 11.5. The highest BCUT2D eigenvalue weighted by Crippen LogP contribution is 2.17. The van der Waals surface area contributed by atoms with Crippen molar-refractivity contribution in [1.29, 1.82) is 0 Å². The van der Waals surface area contributed by atoms with Gasteiger partial charge in [-0.25, -0.2) is 4.98 Å². The minimum absolute atomic E-state index is 0.176. The highest BCUT2D eigenvalue weighted by atomic mass is 16.1. The van der Waals surface area contributed by atoms with Crippen molar-refractivity contribution in [1.82, 2.24) is 20.3 Å². The van der Waals surface area contributed by atoms with E-state index in [4.69, 9.17) is 5.84 Å². The summed E-state index contributed by atoms with van der Waals surface area (Å²) in [6.45, 7) is 3.81. The minimum atomic E-state index is -0.242. The van der Waals surface area contributed by atoms with Gasteiger partial charge in [0.2, 0.25) is 0 Å². The first-order valence-electron chi connectivity index (χ1n) is 6.39. The number of nitrogens with one attached hydrogen (secondary N) is 3. The first-order valence-corrected chi connectivity index (χ1v) is 6.39. The van der Waals surface area contributed by atoms with Crippen molar-refractivity contribution in [2.24, 2.45) is 5.84 Å². The molecule has 106 valence electrons. The number of anilines is 1. The van der Waals surface area contributed by atoms with Crippen molar-refractivity contribution in [3.63, 3.8) is 0 Å². The van der Waals surface area contributed by atoms with Crippen molar-refractivity contribution in [3.05, 3.63) is 41.7 Å². The number of rotatable bonds is 5. The highest BCUT2D eigenvalue weighted by molar-refractivity contribution is 5.99. The van der Waals surface area contributed by atoms with Gasteiger partial charge in [0.05, 0.1) is 17.3 Å². The summed E-state index contributed by atoms with van der Waals surface area (Å²) >= 11 is 0. The van der Waals surface area contributed by atoms with Crippen LogP contribution in [0.3, 0.4) is 0 Å². The second-order valence-electron chi connectivity index (χ2n) is 4.42. The molecular weight excluding hydrogens is 256 g/mol. The number of hydrazine groups is 1. The molecule has 1 amide bonds. The van der Waals surface area contributed by atoms with Gasteiger partial charge in [0, 0.05) is 24.3 Å². The standard InChI is InChI=1S/C13H18N6O/c1-3-10(12-15-4-5-16-12)18-13(20)9-7-17-8(2)6-11(9)19-14/h4-7,10H,3,14H2,1-2H3,(H,15,16)(H,17,19)(H,18,20). The van der Waals surface area contributed by atoms with E-state index in [-0.39, 0.29) is 11.9 Å². The Balaban J connectivity index is 2.19. The molecule has 2 heterocycles. The third-order valence-electron chi connectivity index (χ3n) is 3.00. The number of nitrogen functional groups attached to an aromatic ring is 1. The number of hydrogen-bond acceptors (Lipinski definition) is 5. The molecule has 5 N–H and O–H groups in total. The molecule has 7 nitrogen and oxygen atoms in total. The van der Waals surface area contributed by atoms with E-state index in [1.807, 2.05) is 13.8 Å². The fourth-order valence-corrected chi connectivity index (χ4v) is 1.93. The maximum atomic E-state index is 12.3. The van der Waals surface area contributed by atoms with Crippen LogP contribution in [0.4, 0.5) is 5.69 Å². The van der Waals surface area contributed by atoms with E-state index in [1.54, 1.807) is 18.5 Å². The van der Waals surface area contributed by atoms with Crippen LogP contribution in [0.5, 0.6) is 0 Å². The van der Waals surface area contributed by atoms with E-state index < -0.39 is 0 Å². The number of carbonyl (C=O) groups is 1. The summed E-state index contributed by atoms with van der Waals surface area (Å²) < 4.78 is 0. The zero-order valence-corrected chi connectivity index (χ0v) is 11.5. The van der Waals surface area contributed by atoms with Gasteiger partial charge >= 0.3 is 0 Å². The fraction of sp³-hybridized carbons (Fsp3) is 0.308. The van der Waals surface area contributed by atoms with Gasteiger partial charge in [0.15, 0.2) is 0 Å². The van der Waals surface area contributed by atoms with E-state index in [0.29, 0.717) is 11.3 Å². The molecule has 1 unspecified atom stereocenters. The monoisotopic (exact) mass is 274 g/mol. The van der Waals surface area contributed by atoms with Gasteiger partial charge in [-0.2, -0.15) is 0 Å². The number of nitrogens with zero attached hydrogens (tertiary/aromatic N) is 2. The van der Waals surface area contributed by atoms with Crippen LogP contribution in [-0.2, 0) is 0 Å². The maximum Gasteiger partial charge on any atom is 0.255 e. The molecule has 7 heteroatoms. The van der Waals surface area contributed by atoms with Crippen LogP contribution in [0, 0.1) is 6.92 Å². The Kier molecular flexibility index (Phi) is 4.31. The number of H-pyrrole nitrogens is 1. The molecule has 0 aliphatic rings. The molecule has 0 aliphatic heterocycles. The Bertz CT molecular complexity index is 581. The molecule has 2 aromatic rings. The van der Waals surface area contributed by atoms with Crippen molar-refractivity contribution in [3.8, 4) is 0 Å². The van der Waals surface area contributed by atoms with Gasteiger partial charge in [-0.05, 0) is 19.4 Å². The summed E-state index contributed by atoms with van der Waals surface area (Å²) in [6, 6.07) is 1.55. The third-order valence-corrected chi connectivity index (χ3v) is 3.00. The largest absolute Gasteiger partial charge is 0.347 e. The number of aromatic nitrogens is 3. The molecule has 1 atom stereocenters. The van der Waals surface area contributed by atoms with Crippen LogP contribution < -0.4 is 16.6 Å². The molecule has 2 aromatic heterocycles. The van der Waals surface area contributed by atoms with E-state index in [2.05, 4.69) is 25.7 Å². The van der Waals surface area contributed by atoms with Crippen LogP contribution in [0.15, 0.2) is 24.7 Å². The number of aryl methyl sites for hydroxylation is 1. The number of carbonyl (C=O) groups excluding carboxylic acids is 1. The molecule has 0 fully saturated rings. The van der Waals surface area contributed by atoms with Crippen LogP contribution in [-0.4, -0.2) is 20.9 Å². The van der Waals surface area contributed by atoms with Gasteiger partial charge in [0.1, 0.15) is 5.82 Å². The Labute approximate surface area is 117 Å². The van der Waals surface area contributed by atoms with Crippen LogP contribution in [0.2, 0.25) is 0 Å². The summed E-state index contributed by atoms with van der Waals surface area (Å²) in [5.74, 6) is 5.92. The average molecular weight is 274 g/mol. The van der Waals surface area contributed by atoms with Crippen molar-refractivity contribution in [2.45, 2.75) is 26.3 Å². The quantitative estimate of drug-likeness (QED) is 0.485. The van der Waals surface area contributed by atoms with Crippen LogP contribution >= 0.6 is 0 Å². The van der Waals surface area contributed by atoms with Crippen LogP contribution in [0.25, 0.3) is 0 Å². The number of aromatic amines is 1. The molecule has 0 saturated heterocycles. The Morgan fingerprint density at radius 2 is 2.30 bits per heavy atom. The second-order valence-corrected chi connectivity index (χ2v) is 4.42. The predicted molar refractivity (Wildman–Crippen MR) is 75.9 cm³/mol. The summed E-state index contributed by atoms with van der Waals surface area (Å²) in [7, 11) is 0. The van der Waals surface area contributed by atoms with Crippen molar-refractivity contribution < 1.29 is 4.79 Å². The summed E-state index contributed by atoms with van der Waals surface area (Å²) in [5, 5.41) is 2.91. The highest BCUT2D eigenvalue weighted by Gasteiger charge is 2.18. The molecule has 0 aliphatic carbocycles. The lowest BCUT2D eigenvalue weighted by molar-refractivity contribution is 0.0934. The first kappa shape index (κ1) is 14.0. The van der Waals surface area contributed by atoms with E-state index in [9.17, 15) is 4.79 Å². The van der Waals surface area contributed by atoms with Crippen molar-refractivity contribution in [2.75, 3.05) is 5.43 Å². The van der Waals surface area contributed by atoms with Gasteiger partial charge in [-0.3, -0.25) is 15.6 Å². The van der Waals surface area contributed by atoms with E-state index in [0.717, 1.165) is 17.9 Å². The fourth-order valence-electron chi connectivity index (χ4n) is 1.93. The Hall–Kier alpha value is -2.41.